The molecule has 1 aliphatic heterocycles. The molecule has 1 atom stereocenters. The third-order valence-corrected chi connectivity index (χ3v) is 3.83. The van der Waals surface area contributed by atoms with E-state index < -0.39 is 0 Å². The van der Waals surface area contributed by atoms with Gasteiger partial charge in [-0.15, -0.1) is 0 Å². The first-order chi connectivity index (χ1) is 8.74. The van der Waals surface area contributed by atoms with Gasteiger partial charge in [-0.25, -0.2) is 4.98 Å². The van der Waals surface area contributed by atoms with E-state index in [0.717, 1.165) is 11.5 Å². The summed E-state index contributed by atoms with van der Waals surface area (Å²) in [6.07, 6.45) is 9.31. The zero-order valence-corrected chi connectivity index (χ0v) is 10.6. The van der Waals surface area contributed by atoms with E-state index in [1.807, 2.05) is 0 Å². The van der Waals surface area contributed by atoms with Crippen LogP contribution in [0, 0.1) is 0 Å². The largest absolute Gasteiger partial charge is 0.480 e. The van der Waals surface area contributed by atoms with Gasteiger partial charge in [0.25, 0.3) is 0 Å². The van der Waals surface area contributed by atoms with E-state index in [-0.39, 0.29) is 11.9 Å². The fraction of sp³-hybridized carbons (Fsp3) is 0.571. The molecular formula is C14H18N2O2. The Labute approximate surface area is 106 Å². The molecule has 0 radical (unpaired) electrons. The number of carbonyl (C=O) groups excluding carboxylic acids is 1. The molecule has 0 saturated heterocycles. The summed E-state index contributed by atoms with van der Waals surface area (Å²) in [5, 5.41) is 0. The molecule has 0 amide bonds. The number of rotatable bonds is 2. The summed E-state index contributed by atoms with van der Waals surface area (Å²) in [6, 6.07) is 0. The van der Waals surface area contributed by atoms with E-state index >= 15 is 0 Å². The minimum Gasteiger partial charge on any atom is -0.480 e. The Kier molecular flexibility index (Phi) is 2.94. The SMILES string of the molecule is CC1OC(c2cnc(C3CCCCC3)[nH]2)=CC1=O. The van der Waals surface area contributed by atoms with Crippen LogP contribution in [-0.4, -0.2) is 21.9 Å². The lowest BCUT2D eigenvalue weighted by molar-refractivity contribution is -0.119. The number of ketones is 1. The zero-order chi connectivity index (χ0) is 12.5. The predicted molar refractivity (Wildman–Crippen MR) is 67.9 cm³/mol. The minimum absolute atomic E-state index is 0.0267. The molecule has 3 rings (SSSR count). The molecule has 0 bridgehead atoms. The highest BCUT2D eigenvalue weighted by atomic mass is 16.5. The number of imidazole rings is 1. The van der Waals surface area contributed by atoms with Crippen molar-refractivity contribution in [2.75, 3.05) is 0 Å². The first-order valence-electron chi connectivity index (χ1n) is 6.71. The van der Waals surface area contributed by atoms with Crippen molar-refractivity contribution in [3.05, 3.63) is 23.8 Å². The molecule has 2 aliphatic rings. The van der Waals surface area contributed by atoms with E-state index in [4.69, 9.17) is 4.74 Å². The van der Waals surface area contributed by atoms with Crippen LogP contribution >= 0.6 is 0 Å². The molecule has 1 N–H and O–H groups in total. The average Bonchev–Trinajstić information content (AvgIpc) is 2.99. The molecule has 96 valence electrons. The molecule has 1 saturated carbocycles. The Hall–Kier alpha value is -1.58. The van der Waals surface area contributed by atoms with Gasteiger partial charge in [0.15, 0.2) is 11.9 Å². The molecule has 1 unspecified atom stereocenters. The third-order valence-electron chi connectivity index (χ3n) is 3.83. The summed E-state index contributed by atoms with van der Waals surface area (Å²) >= 11 is 0. The molecule has 1 aliphatic carbocycles. The van der Waals surface area contributed by atoms with Crippen LogP contribution in [0.25, 0.3) is 5.76 Å². The van der Waals surface area contributed by atoms with Crippen LogP contribution in [0.3, 0.4) is 0 Å². The van der Waals surface area contributed by atoms with Gasteiger partial charge in [0.1, 0.15) is 17.3 Å². The van der Waals surface area contributed by atoms with E-state index in [1.165, 1.54) is 32.1 Å². The molecule has 18 heavy (non-hydrogen) atoms. The first-order valence-corrected chi connectivity index (χ1v) is 6.71. The molecule has 2 heterocycles. The highest BCUT2D eigenvalue weighted by Crippen LogP contribution is 2.32. The Bertz CT molecular complexity index is 484. The smallest absolute Gasteiger partial charge is 0.199 e. The number of ether oxygens (including phenoxy) is 1. The fourth-order valence-electron chi connectivity index (χ4n) is 2.72. The van der Waals surface area contributed by atoms with E-state index in [9.17, 15) is 4.79 Å². The second-order valence-corrected chi connectivity index (χ2v) is 5.19. The minimum atomic E-state index is -0.360. The lowest BCUT2D eigenvalue weighted by atomic mass is 9.89. The number of aromatic amines is 1. The van der Waals surface area contributed by atoms with Crippen molar-refractivity contribution in [1.29, 1.82) is 0 Å². The second kappa shape index (κ2) is 4.59. The van der Waals surface area contributed by atoms with Crippen molar-refractivity contribution < 1.29 is 9.53 Å². The molecule has 0 aromatic carbocycles. The number of hydrogen-bond donors (Lipinski definition) is 1. The second-order valence-electron chi connectivity index (χ2n) is 5.19. The van der Waals surface area contributed by atoms with Crippen molar-refractivity contribution in [1.82, 2.24) is 9.97 Å². The van der Waals surface area contributed by atoms with E-state index in [1.54, 1.807) is 19.2 Å². The topological polar surface area (TPSA) is 55.0 Å². The quantitative estimate of drug-likeness (QED) is 0.873. The van der Waals surface area contributed by atoms with Crippen molar-refractivity contribution in [2.24, 2.45) is 0 Å². The maximum Gasteiger partial charge on any atom is 0.199 e. The summed E-state index contributed by atoms with van der Waals surface area (Å²) in [6.45, 7) is 1.77. The van der Waals surface area contributed by atoms with Crippen molar-refractivity contribution >= 4 is 11.5 Å². The van der Waals surface area contributed by atoms with Crippen LogP contribution in [0.2, 0.25) is 0 Å². The maximum absolute atomic E-state index is 11.4. The number of nitrogens with zero attached hydrogens (tertiary/aromatic N) is 1. The van der Waals surface area contributed by atoms with E-state index in [0.29, 0.717) is 11.7 Å². The summed E-state index contributed by atoms with van der Waals surface area (Å²) < 4.78 is 5.50. The predicted octanol–water partition coefficient (Wildman–Crippen LogP) is 2.79. The lowest BCUT2D eigenvalue weighted by Gasteiger charge is -2.19. The van der Waals surface area contributed by atoms with Crippen LogP contribution in [0.1, 0.15) is 56.5 Å². The maximum atomic E-state index is 11.4. The summed E-state index contributed by atoms with van der Waals surface area (Å²) in [5.74, 6) is 2.24. The summed E-state index contributed by atoms with van der Waals surface area (Å²) in [4.78, 5) is 19.2. The normalized spacial score (nSPS) is 25.1. The highest BCUT2D eigenvalue weighted by Gasteiger charge is 2.25. The highest BCUT2D eigenvalue weighted by molar-refractivity contribution is 6.01. The number of H-pyrrole nitrogens is 1. The van der Waals surface area contributed by atoms with E-state index in [2.05, 4.69) is 9.97 Å². The van der Waals surface area contributed by atoms with Crippen LogP contribution < -0.4 is 0 Å². The van der Waals surface area contributed by atoms with Crippen molar-refractivity contribution in [2.45, 2.75) is 51.0 Å². The zero-order valence-electron chi connectivity index (χ0n) is 10.6. The molecule has 1 aromatic rings. The third kappa shape index (κ3) is 2.07. The Morgan fingerprint density at radius 2 is 2.11 bits per heavy atom. The van der Waals surface area contributed by atoms with Gasteiger partial charge in [0.2, 0.25) is 0 Å². The van der Waals surface area contributed by atoms with Gasteiger partial charge in [0, 0.05) is 12.0 Å². The number of nitrogens with one attached hydrogen (secondary N) is 1. The summed E-state index contributed by atoms with van der Waals surface area (Å²) in [7, 11) is 0. The summed E-state index contributed by atoms with van der Waals surface area (Å²) in [5.41, 5.74) is 0.827. The van der Waals surface area contributed by atoms with Crippen molar-refractivity contribution in [3.63, 3.8) is 0 Å². The van der Waals surface area contributed by atoms with Gasteiger partial charge in [0.05, 0.1) is 6.20 Å². The van der Waals surface area contributed by atoms with Gasteiger partial charge in [-0.3, -0.25) is 4.79 Å². The fourth-order valence-corrected chi connectivity index (χ4v) is 2.72. The molecule has 1 fully saturated rings. The van der Waals surface area contributed by atoms with Crippen molar-refractivity contribution in [3.8, 4) is 0 Å². The molecule has 1 aromatic heterocycles. The monoisotopic (exact) mass is 246 g/mol. The van der Waals surface area contributed by atoms with Crippen LogP contribution in [-0.2, 0) is 9.53 Å². The van der Waals surface area contributed by atoms with Gasteiger partial charge in [-0.1, -0.05) is 19.3 Å². The lowest BCUT2D eigenvalue weighted by Crippen LogP contribution is -2.10. The van der Waals surface area contributed by atoms with Gasteiger partial charge in [-0.2, -0.15) is 0 Å². The van der Waals surface area contributed by atoms with Gasteiger partial charge >= 0.3 is 0 Å². The molecular weight excluding hydrogens is 228 g/mol. The molecule has 0 spiro atoms. The van der Waals surface area contributed by atoms with Crippen LogP contribution in [0.4, 0.5) is 0 Å². The first kappa shape index (κ1) is 11.5. The number of carbonyl (C=O) groups is 1. The number of hydrogen-bond acceptors (Lipinski definition) is 3. The average molecular weight is 246 g/mol. The Balaban J connectivity index is 1.77. The molecule has 4 nitrogen and oxygen atoms in total. The number of aromatic nitrogens is 2. The Morgan fingerprint density at radius 1 is 1.33 bits per heavy atom. The van der Waals surface area contributed by atoms with Gasteiger partial charge < -0.3 is 9.72 Å². The molecule has 4 heteroatoms. The Morgan fingerprint density at radius 3 is 2.78 bits per heavy atom. The van der Waals surface area contributed by atoms with Gasteiger partial charge in [-0.05, 0) is 19.8 Å². The van der Waals surface area contributed by atoms with Crippen LogP contribution in [0.5, 0.6) is 0 Å². The van der Waals surface area contributed by atoms with Crippen LogP contribution in [0.15, 0.2) is 12.3 Å². The standard InChI is InChI=1S/C14H18N2O2/c1-9-12(17)7-13(18-9)11-8-15-14(16-11)10-5-3-2-4-6-10/h7-10H,2-6H2,1H3,(H,15,16).